The predicted octanol–water partition coefficient (Wildman–Crippen LogP) is 0.155. The Hall–Kier alpha value is -2.25. The van der Waals surface area contributed by atoms with Crippen molar-refractivity contribution in [3.63, 3.8) is 0 Å². The molecule has 1 aromatic carbocycles. The normalized spacial score (nSPS) is 18.0. The molecule has 3 heterocycles. The van der Waals surface area contributed by atoms with E-state index < -0.39 is 11.7 Å². The summed E-state index contributed by atoms with van der Waals surface area (Å²) in [5, 5.41) is 0. The minimum Gasteiger partial charge on any atom is -0.311 e. The van der Waals surface area contributed by atoms with E-state index in [1.54, 1.807) is 11.0 Å². The topological polar surface area (TPSA) is 59.2 Å². The number of halogens is 1. The van der Waals surface area contributed by atoms with Crippen molar-refractivity contribution in [3.05, 3.63) is 52.6 Å². The Kier molecular flexibility index (Phi) is 4.27. The van der Waals surface area contributed by atoms with Crippen molar-refractivity contribution in [1.82, 2.24) is 0 Å². The Morgan fingerprint density at radius 2 is 1.92 bits per heavy atom. The molecule has 2 N–H and O–H groups in total. The molecular weight excluding hydrogens is 384 g/mol. The van der Waals surface area contributed by atoms with Crippen molar-refractivity contribution in [1.29, 1.82) is 0 Å². The molecule has 0 aliphatic carbocycles. The number of Topliss-reactive ketones (excluding diaryl/α,β-unsaturated/α-hetero) is 1. The fourth-order valence-electron chi connectivity index (χ4n) is 3.46. The molecular formula is C18H19BrN4O2+2. The van der Waals surface area contributed by atoms with Crippen molar-refractivity contribution in [3.8, 4) is 0 Å². The highest BCUT2D eigenvalue weighted by Gasteiger charge is 2.39. The third kappa shape index (κ3) is 3.05. The number of hydrogen-bond acceptors (Lipinski definition) is 3. The van der Waals surface area contributed by atoms with E-state index >= 15 is 0 Å². The SMILES string of the molecule is O=C1C(=O)N(C[NH+]2CCN(c3cccc[nH+]3)CC2)c2ccc(Br)cc21. The van der Waals surface area contributed by atoms with Gasteiger partial charge in [-0.25, -0.2) is 4.98 Å². The molecule has 1 aromatic heterocycles. The van der Waals surface area contributed by atoms with Gasteiger partial charge in [0.15, 0.2) is 6.67 Å². The van der Waals surface area contributed by atoms with Crippen molar-refractivity contribution in [2.24, 2.45) is 0 Å². The maximum absolute atomic E-state index is 12.4. The lowest BCUT2D eigenvalue weighted by Gasteiger charge is -2.30. The molecule has 128 valence electrons. The minimum absolute atomic E-state index is 0.409. The number of carbonyl (C=O) groups is 2. The molecule has 2 aliphatic heterocycles. The number of aromatic amines is 1. The zero-order chi connectivity index (χ0) is 17.4. The van der Waals surface area contributed by atoms with Crippen molar-refractivity contribution in [2.75, 3.05) is 42.6 Å². The number of quaternary nitrogens is 1. The molecule has 0 atom stereocenters. The second-order valence-corrected chi connectivity index (χ2v) is 7.28. The number of aromatic nitrogens is 1. The Labute approximate surface area is 154 Å². The fraction of sp³-hybridized carbons (Fsp3) is 0.278. The second kappa shape index (κ2) is 6.57. The minimum atomic E-state index is -0.417. The predicted molar refractivity (Wildman–Crippen MR) is 96.7 cm³/mol. The lowest BCUT2D eigenvalue weighted by atomic mass is 10.1. The van der Waals surface area contributed by atoms with E-state index in [0.717, 1.165) is 42.2 Å². The summed E-state index contributed by atoms with van der Waals surface area (Å²) in [5.41, 5.74) is 1.22. The molecule has 25 heavy (non-hydrogen) atoms. The highest BCUT2D eigenvalue weighted by Crippen LogP contribution is 2.30. The number of hydrogen-bond donors (Lipinski definition) is 1. The van der Waals surface area contributed by atoms with Crippen molar-refractivity contribution < 1.29 is 19.5 Å². The maximum Gasteiger partial charge on any atom is 0.303 e. The number of pyridine rings is 1. The van der Waals surface area contributed by atoms with Gasteiger partial charge >= 0.3 is 5.91 Å². The highest BCUT2D eigenvalue weighted by molar-refractivity contribution is 9.10. The molecule has 0 saturated carbocycles. The van der Waals surface area contributed by atoms with Gasteiger partial charge in [0.05, 0.1) is 17.4 Å². The molecule has 6 nitrogen and oxygen atoms in total. The third-order valence-electron chi connectivity index (χ3n) is 4.82. The van der Waals surface area contributed by atoms with E-state index in [4.69, 9.17) is 0 Å². The number of amides is 1. The van der Waals surface area contributed by atoms with E-state index in [1.807, 2.05) is 30.5 Å². The lowest BCUT2D eigenvalue weighted by Crippen LogP contribution is -3.16. The molecule has 2 aliphatic rings. The van der Waals surface area contributed by atoms with Gasteiger partial charge in [-0.05, 0) is 24.3 Å². The molecule has 0 unspecified atom stereocenters. The van der Waals surface area contributed by atoms with E-state index in [9.17, 15) is 9.59 Å². The molecule has 7 heteroatoms. The number of ketones is 1. The number of anilines is 2. The van der Waals surface area contributed by atoms with E-state index in [0.29, 0.717) is 12.2 Å². The number of piperazine rings is 1. The average Bonchev–Trinajstić information content (AvgIpc) is 2.88. The Bertz CT molecular complexity index is 819. The highest BCUT2D eigenvalue weighted by atomic mass is 79.9. The van der Waals surface area contributed by atoms with Crippen LogP contribution in [0.2, 0.25) is 0 Å². The van der Waals surface area contributed by atoms with Gasteiger partial charge in [0.25, 0.3) is 11.6 Å². The zero-order valence-electron chi connectivity index (χ0n) is 13.7. The van der Waals surface area contributed by atoms with Crippen LogP contribution in [0.1, 0.15) is 10.4 Å². The summed E-state index contributed by atoms with van der Waals surface area (Å²) < 4.78 is 0.814. The molecule has 4 rings (SSSR count). The smallest absolute Gasteiger partial charge is 0.303 e. The largest absolute Gasteiger partial charge is 0.311 e. The van der Waals surface area contributed by atoms with Crippen LogP contribution in [0.15, 0.2) is 47.1 Å². The number of nitrogens with zero attached hydrogens (tertiary/aromatic N) is 2. The Balaban J connectivity index is 1.44. The number of benzene rings is 1. The van der Waals surface area contributed by atoms with Crippen LogP contribution in [0.4, 0.5) is 11.5 Å². The standard InChI is InChI=1S/C18H17BrN4O2/c19-13-4-5-15-14(11-13)17(24)18(25)23(15)12-21-7-9-22(10-8-21)16-3-1-2-6-20-16/h1-6,11H,7-10,12H2/p+2. The molecule has 1 saturated heterocycles. The first kappa shape index (κ1) is 16.2. The molecule has 0 spiro atoms. The quantitative estimate of drug-likeness (QED) is 0.743. The Morgan fingerprint density at radius 1 is 1.12 bits per heavy atom. The number of H-pyrrole nitrogens is 1. The summed E-state index contributed by atoms with van der Waals surface area (Å²) in [6.07, 6.45) is 1.93. The molecule has 0 radical (unpaired) electrons. The van der Waals surface area contributed by atoms with Gasteiger partial charge in [-0.15, -0.1) is 0 Å². The molecule has 2 aromatic rings. The van der Waals surface area contributed by atoms with Crippen LogP contribution in [0.3, 0.4) is 0 Å². The summed E-state index contributed by atoms with van der Waals surface area (Å²) in [6.45, 7) is 4.21. The average molecular weight is 403 g/mol. The number of nitrogens with one attached hydrogen (secondary N) is 2. The van der Waals surface area contributed by atoms with Crippen LogP contribution >= 0.6 is 15.9 Å². The molecule has 0 bridgehead atoms. The summed E-state index contributed by atoms with van der Waals surface area (Å²) in [6, 6.07) is 11.5. The van der Waals surface area contributed by atoms with E-state index in [2.05, 4.69) is 31.9 Å². The van der Waals surface area contributed by atoms with Gasteiger partial charge in [0.2, 0.25) is 0 Å². The fourth-order valence-corrected chi connectivity index (χ4v) is 3.82. The van der Waals surface area contributed by atoms with E-state index in [-0.39, 0.29) is 0 Å². The van der Waals surface area contributed by atoms with Crippen LogP contribution in [0.25, 0.3) is 0 Å². The van der Waals surface area contributed by atoms with Crippen LogP contribution in [0.5, 0.6) is 0 Å². The Morgan fingerprint density at radius 3 is 2.64 bits per heavy atom. The van der Waals surface area contributed by atoms with Gasteiger partial charge in [-0.2, -0.15) is 0 Å². The van der Waals surface area contributed by atoms with Crippen molar-refractivity contribution in [2.45, 2.75) is 0 Å². The zero-order valence-corrected chi connectivity index (χ0v) is 15.3. The van der Waals surface area contributed by atoms with Gasteiger partial charge in [-0.3, -0.25) is 19.4 Å². The van der Waals surface area contributed by atoms with Gasteiger partial charge < -0.3 is 4.90 Å². The summed E-state index contributed by atoms with van der Waals surface area (Å²) >= 11 is 3.36. The maximum atomic E-state index is 12.4. The summed E-state index contributed by atoms with van der Waals surface area (Å²) in [7, 11) is 0. The lowest BCUT2D eigenvalue weighted by molar-refractivity contribution is -0.899. The summed E-state index contributed by atoms with van der Waals surface area (Å²) in [5.74, 6) is 0.289. The first-order valence-electron chi connectivity index (χ1n) is 8.34. The van der Waals surface area contributed by atoms with Crippen molar-refractivity contribution >= 4 is 39.1 Å². The van der Waals surface area contributed by atoms with Crippen LogP contribution < -0.4 is 19.7 Å². The number of rotatable bonds is 3. The van der Waals surface area contributed by atoms with E-state index in [1.165, 1.54) is 4.90 Å². The molecule has 1 fully saturated rings. The second-order valence-electron chi connectivity index (χ2n) is 6.37. The first-order chi connectivity index (χ1) is 12.1. The summed E-state index contributed by atoms with van der Waals surface area (Å²) in [4.78, 5) is 33.1. The number of fused-ring (bicyclic) bond motifs is 1. The van der Waals surface area contributed by atoms with Crippen LogP contribution in [-0.4, -0.2) is 44.5 Å². The molecule has 1 amide bonds. The van der Waals surface area contributed by atoms with Gasteiger partial charge in [-0.1, -0.05) is 22.0 Å². The van der Waals surface area contributed by atoms with Crippen LogP contribution in [-0.2, 0) is 4.79 Å². The number of carbonyl (C=O) groups excluding carboxylic acids is 2. The third-order valence-corrected chi connectivity index (χ3v) is 5.31. The first-order valence-corrected chi connectivity index (χ1v) is 9.14. The monoisotopic (exact) mass is 402 g/mol. The van der Waals surface area contributed by atoms with Gasteiger partial charge in [0, 0.05) is 10.5 Å². The van der Waals surface area contributed by atoms with Gasteiger partial charge in [0.1, 0.15) is 26.2 Å². The van der Waals surface area contributed by atoms with Crippen LogP contribution in [0, 0.1) is 0 Å².